The van der Waals surface area contributed by atoms with Crippen molar-refractivity contribution in [3.8, 4) is 11.5 Å². The van der Waals surface area contributed by atoms with Gasteiger partial charge in [-0.05, 0) is 50.1 Å². The van der Waals surface area contributed by atoms with E-state index in [-0.39, 0.29) is 36.9 Å². The molecule has 0 saturated heterocycles. The van der Waals surface area contributed by atoms with E-state index in [0.29, 0.717) is 22.7 Å². The molecule has 7 nitrogen and oxygen atoms in total. The van der Waals surface area contributed by atoms with Gasteiger partial charge < -0.3 is 14.8 Å². The normalized spacial score (nSPS) is 17.2. The zero-order valence-corrected chi connectivity index (χ0v) is 18.2. The molecule has 2 aromatic carbocycles. The van der Waals surface area contributed by atoms with E-state index in [9.17, 15) is 14.4 Å². The Bertz CT molecular complexity index is 985. The highest BCUT2D eigenvalue weighted by Crippen LogP contribution is 2.34. The monoisotopic (exact) mass is 436 g/mol. The maximum absolute atomic E-state index is 12.9. The van der Waals surface area contributed by atoms with E-state index in [0.717, 1.165) is 25.7 Å². The van der Waals surface area contributed by atoms with Crippen LogP contribution in [-0.4, -0.2) is 42.9 Å². The van der Waals surface area contributed by atoms with Crippen LogP contribution in [0, 0.1) is 0 Å². The van der Waals surface area contributed by atoms with Gasteiger partial charge in [-0.2, -0.15) is 0 Å². The molecule has 2 aromatic rings. The largest absolute Gasteiger partial charge is 0.485 e. The van der Waals surface area contributed by atoms with E-state index in [4.69, 9.17) is 9.47 Å². The van der Waals surface area contributed by atoms with Crippen LogP contribution in [0.25, 0.3) is 0 Å². The smallest absolute Gasteiger partial charge is 0.265 e. The minimum atomic E-state index is -0.710. The maximum Gasteiger partial charge on any atom is 0.265 e. The van der Waals surface area contributed by atoms with Crippen LogP contribution in [0.15, 0.2) is 48.5 Å². The number of hydrogen-bond donors (Lipinski definition) is 1. The summed E-state index contributed by atoms with van der Waals surface area (Å²) in [7, 11) is 0. The fraction of sp³-hybridized carbons (Fsp3) is 0.400. The molecular weight excluding hydrogens is 408 g/mol. The Morgan fingerprint density at radius 2 is 1.88 bits per heavy atom. The number of para-hydroxylation sites is 1. The number of nitrogens with one attached hydrogen (secondary N) is 1. The van der Waals surface area contributed by atoms with E-state index in [1.54, 1.807) is 37.3 Å². The summed E-state index contributed by atoms with van der Waals surface area (Å²) in [6, 6.07) is 13.4. The molecular formula is C25H28N2O5. The first-order chi connectivity index (χ1) is 15.5. The first-order valence-electron chi connectivity index (χ1n) is 11.1. The summed E-state index contributed by atoms with van der Waals surface area (Å²) in [5, 5.41) is 3.08. The van der Waals surface area contributed by atoms with Gasteiger partial charge in [-0.25, -0.2) is 0 Å². The molecule has 1 saturated carbocycles. The third-order valence-electron chi connectivity index (χ3n) is 5.99. The first-order valence-corrected chi connectivity index (χ1v) is 11.1. The summed E-state index contributed by atoms with van der Waals surface area (Å²) < 4.78 is 11.1. The number of anilines is 1. The summed E-state index contributed by atoms with van der Waals surface area (Å²) in [6.07, 6.45) is 5.34. The van der Waals surface area contributed by atoms with Crippen molar-refractivity contribution in [3.63, 3.8) is 0 Å². The SMILES string of the molecule is CC(C(=O)NC1CCCCC1)N1C(=O)COc2ccc(C(=O)COc3ccccc3)cc21. The lowest BCUT2D eigenvalue weighted by molar-refractivity contribution is -0.128. The number of nitrogens with zero attached hydrogens (tertiary/aromatic N) is 1. The van der Waals surface area contributed by atoms with Crippen LogP contribution in [0.1, 0.15) is 49.4 Å². The summed E-state index contributed by atoms with van der Waals surface area (Å²) in [4.78, 5) is 39.8. The van der Waals surface area contributed by atoms with Crippen molar-refractivity contribution in [1.29, 1.82) is 0 Å². The van der Waals surface area contributed by atoms with Gasteiger partial charge in [0.2, 0.25) is 5.91 Å². The summed E-state index contributed by atoms with van der Waals surface area (Å²) >= 11 is 0. The molecule has 168 valence electrons. The highest BCUT2D eigenvalue weighted by Gasteiger charge is 2.34. The van der Waals surface area contributed by atoms with E-state index >= 15 is 0 Å². The third kappa shape index (κ3) is 4.93. The molecule has 0 spiro atoms. The molecule has 0 radical (unpaired) electrons. The standard InChI is InChI=1S/C25H28N2O5/c1-17(25(30)26-19-8-4-2-5-9-19)27-21-14-18(12-13-23(21)32-16-24(27)29)22(28)15-31-20-10-6-3-7-11-20/h3,6-7,10-14,17,19H,2,4-5,8-9,15-16H2,1H3,(H,26,30). The van der Waals surface area contributed by atoms with Gasteiger partial charge in [-0.15, -0.1) is 0 Å². The zero-order valence-electron chi connectivity index (χ0n) is 18.2. The lowest BCUT2D eigenvalue weighted by atomic mass is 9.95. The number of carbonyl (C=O) groups is 3. The van der Waals surface area contributed by atoms with Gasteiger partial charge in [0.25, 0.3) is 5.91 Å². The number of benzene rings is 2. The van der Waals surface area contributed by atoms with Crippen molar-refractivity contribution >= 4 is 23.3 Å². The zero-order chi connectivity index (χ0) is 22.5. The molecule has 2 aliphatic rings. The Balaban J connectivity index is 1.49. The summed E-state index contributed by atoms with van der Waals surface area (Å²) in [5.41, 5.74) is 0.820. The number of rotatable bonds is 7. The van der Waals surface area contributed by atoms with Crippen LogP contribution in [0.2, 0.25) is 0 Å². The van der Waals surface area contributed by atoms with Gasteiger partial charge >= 0.3 is 0 Å². The topological polar surface area (TPSA) is 84.9 Å². The van der Waals surface area contributed by atoms with Crippen LogP contribution in [-0.2, 0) is 9.59 Å². The molecule has 7 heteroatoms. The van der Waals surface area contributed by atoms with Crippen molar-refractivity contribution in [3.05, 3.63) is 54.1 Å². The molecule has 1 aliphatic heterocycles. The number of carbonyl (C=O) groups excluding carboxylic acids is 3. The van der Waals surface area contributed by atoms with E-state index in [2.05, 4.69) is 5.32 Å². The minimum Gasteiger partial charge on any atom is -0.485 e. The van der Waals surface area contributed by atoms with Crippen LogP contribution in [0.3, 0.4) is 0 Å². The van der Waals surface area contributed by atoms with Crippen molar-refractivity contribution in [2.24, 2.45) is 0 Å². The van der Waals surface area contributed by atoms with Gasteiger partial charge in [0, 0.05) is 11.6 Å². The number of hydrogen-bond acceptors (Lipinski definition) is 5. The second-order valence-corrected chi connectivity index (χ2v) is 8.28. The van der Waals surface area contributed by atoms with Crippen LogP contribution < -0.4 is 19.7 Å². The van der Waals surface area contributed by atoms with Gasteiger partial charge in [0.15, 0.2) is 19.0 Å². The number of fused-ring (bicyclic) bond motifs is 1. The lowest BCUT2D eigenvalue weighted by Gasteiger charge is -2.34. The fourth-order valence-electron chi connectivity index (χ4n) is 4.20. The van der Waals surface area contributed by atoms with Crippen molar-refractivity contribution < 1.29 is 23.9 Å². The Hall–Kier alpha value is -3.35. The minimum absolute atomic E-state index is 0.130. The first kappa shape index (κ1) is 21.9. The average Bonchev–Trinajstić information content (AvgIpc) is 2.83. The van der Waals surface area contributed by atoms with E-state index in [1.807, 2.05) is 18.2 Å². The summed E-state index contributed by atoms with van der Waals surface area (Å²) in [5.74, 6) is 0.347. The number of amides is 2. The number of Topliss-reactive ketones (excluding diaryl/α,β-unsaturated/α-hetero) is 1. The highest BCUT2D eigenvalue weighted by molar-refractivity contribution is 6.05. The molecule has 32 heavy (non-hydrogen) atoms. The van der Waals surface area contributed by atoms with Crippen molar-refractivity contribution in [2.75, 3.05) is 18.1 Å². The Morgan fingerprint density at radius 1 is 1.12 bits per heavy atom. The molecule has 1 atom stereocenters. The second kappa shape index (κ2) is 9.85. The van der Waals surface area contributed by atoms with Crippen molar-refractivity contribution in [1.82, 2.24) is 5.32 Å². The highest BCUT2D eigenvalue weighted by atomic mass is 16.5. The predicted molar refractivity (Wildman–Crippen MR) is 120 cm³/mol. The lowest BCUT2D eigenvalue weighted by Crippen LogP contribution is -2.53. The van der Waals surface area contributed by atoms with Crippen LogP contribution in [0.4, 0.5) is 5.69 Å². The van der Waals surface area contributed by atoms with Gasteiger partial charge in [-0.1, -0.05) is 37.5 Å². The predicted octanol–water partition coefficient (Wildman–Crippen LogP) is 3.51. The molecule has 0 bridgehead atoms. The third-order valence-corrected chi connectivity index (χ3v) is 5.99. The average molecular weight is 437 g/mol. The van der Waals surface area contributed by atoms with E-state index in [1.165, 1.54) is 11.3 Å². The Morgan fingerprint density at radius 3 is 2.62 bits per heavy atom. The molecule has 1 fully saturated rings. The number of ether oxygens (including phenoxy) is 2. The summed E-state index contributed by atoms with van der Waals surface area (Å²) in [6.45, 7) is 1.44. The van der Waals surface area contributed by atoms with Crippen LogP contribution in [0.5, 0.6) is 11.5 Å². The molecule has 1 heterocycles. The molecule has 4 rings (SSSR count). The quantitative estimate of drug-likeness (QED) is 0.672. The molecule has 1 N–H and O–H groups in total. The fourth-order valence-corrected chi connectivity index (χ4v) is 4.20. The Labute approximate surface area is 187 Å². The Kier molecular flexibility index (Phi) is 6.73. The maximum atomic E-state index is 12.9. The second-order valence-electron chi connectivity index (χ2n) is 8.28. The molecule has 0 aromatic heterocycles. The van der Waals surface area contributed by atoms with Gasteiger partial charge in [0.05, 0.1) is 5.69 Å². The number of ketones is 1. The molecule has 1 aliphatic carbocycles. The van der Waals surface area contributed by atoms with Crippen LogP contribution >= 0.6 is 0 Å². The van der Waals surface area contributed by atoms with Gasteiger partial charge in [0.1, 0.15) is 17.5 Å². The van der Waals surface area contributed by atoms with Crippen molar-refractivity contribution in [2.45, 2.75) is 51.1 Å². The van der Waals surface area contributed by atoms with Gasteiger partial charge in [-0.3, -0.25) is 19.3 Å². The van der Waals surface area contributed by atoms with E-state index < -0.39 is 6.04 Å². The molecule has 1 unspecified atom stereocenters. The molecule has 2 amide bonds.